The number of aromatic nitrogens is 4. The summed E-state index contributed by atoms with van der Waals surface area (Å²) < 4.78 is 20.9. The summed E-state index contributed by atoms with van der Waals surface area (Å²) in [6, 6.07) is 9.80. The fourth-order valence-electron chi connectivity index (χ4n) is 3.56. The van der Waals surface area contributed by atoms with Crippen molar-refractivity contribution in [3.63, 3.8) is 0 Å². The molecule has 8 nitrogen and oxygen atoms in total. The molecule has 9 heteroatoms. The lowest BCUT2D eigenvalue weighted by Crippen LogP contribution is -2.49. The van der Waals surface area contributed by atoms with Crippen molar-refractivity contribution in [1.82, 2.24) is 24.6 Å². The van der Waals surface area contributed by atoms with Gasteiger partial charge in [-0.05, 0) is 24.3 Å². The molecule has 1 fully saturated rings. The molecule has 0 aliphatic carbocycles. The van der Waals surface area contributed by atoms with E-state index in [1.54, 1.807) is 41.4 Å². The largest absolute Gasteiger partial charge is 0.459 e. The van der Waals surface area contributed by atoms with E-state index in [4.69, 9.17) is 4.42 Å². The van der Waals surface area contributed by atoms with Gasteiger partial charge in [0.2, 0.25) is 0 Å². The number of furan rings is 1. The molecule has 1 saturated heterocycles. The molecule has 0 radical (unpaired) electrons. The van der Waals surface area contributed by atoms with Crippen LogP contribution in [0, 0.1) is 5.82 Å². The summed E-state index contributed by atoms with van der Waals surface area (Å²) in [5.41, 5.74) is 0.871. The van der Waals surface area contributed by atoms with Crippen LogP contribution in [0.25, 0.3) is 16.7 Å². The van der Waals surface area contributed by atoms with E-state index in [2.05, 4.69) is 20.0 Å². The zero-order valence-electron chi connectivity index (χ0n) is 15.4. The van der Waals surface area contributed by atoms with E-state index in [9.17, 15) is 9.18 Å². The van der Waals surface area contributed by atoms with E-state index in [1.165, 1.54) is 23.3 Å². The predicted molar refractivity (Wildman–Crippen MR) is 103 cm³/mol. The van der Waals surface area contributed by atoms with Crippen LogP contribution in [0.4, 0.5) is 10.2 Å². The highest BCUT2D eigenvalue weighted by Gasteiger charge is 2.26. The summed E-state index contributed by atoms with van der Waals surface area (Å²) in [5.74, 6) is 0.578. The fourth-order valence-corrected chi connectivity index (χ4v) is 3.56. The van der Waals surface area contributed by atoms with Crippen LogP contribution in [0.1, 0.15) is 10.6 Å². The molecule has 0 N–H and O–H groups in total. The number of fused-ring (bicyclic) bond motifs is 1. The second-order valence-electron chi connectivity index (χ2n) is 6.70. The maximum absolute atomic E-state index is 14.2. The lowest BCUT2D eigenvalue weighted by molar-refractivity contribution is 0.0714. The number of hydrogen-bond acceptors (Lipinski definition) is 6. The molecular formula is C20H17FN6O2. The Hall–Kier alpha value is -3.75. The van der Waals surface area contributed by atoms with Crippen molar-refractivity contribution in [3.8, 4) is 5.69 Å². The number of anilines is 1. The van der Waals surface area contributed by atoms with Gasteiger partial charge in [-0.25, -0.2) is 19.0 Å². The summed E-state index contributed by atoms with van der Waals surface area (Å²) in [5, 5.41) is 5.07. The number of nitrogens with zero attached hydrogens (tertiary/aromatic N) is 6. The lowest BCUT2D eigenvalue weighted by Gasteiger charge is -2.35. The minimum absolute atomic E-state index is 0.116. The van der Waals surface area contributed by atoms with Crippen molar-refractivity contribution in [2.75, 3.05) is 31.1 Å². The summed E-state index contributed by atoms with van der Waals surface area (Å²) in [6.45, 7) is 2.33. The number of carbonyl (C=O) groups excluding carboxylic acids is 1. The Morgan fingerprint density at radius 1 is 1.03 bits per heavy atom. The maximum Gasteiger partial charge on any atom is 0.289 e. The quantitative estimate of drug-likeness (QED) is 0.533. The molecule has 1 amide bonds. The normalized spacial score (nSPS) is 14.5. The number of rotatable bonds is 3. The van der Waals surface area contributed by atoms with Gasteiger partial charge in [0.15, 0.2) is 11.4 Å². The van der Waals surface area contributed by atoms with E-state index in [1.807, 2.05) is 0 Å². The van der Waals surface area contributed by atoms with Gasteiger partial charge in [-0.1, -0.05) is 12.1 Å². The third-order valence-electron chi connectivity index (χ3n) is 5.02. The van der Waals surface area contributed by atoms with E-state index >= 15 is 0 Å². The predicted octanol–water partition coefficient (Wildman–Crippen LogP) is 2.51. The Labute approximate surface area is 165 Å². The average Bonchev–Trinajstić information content (AvgIpc) is 3.44. The zero-order valence-corrected chi connectivity index (χ0v) is 15.4. The standard InChI is InChI=1S/C20H17FN6O2/c21-15-4-1-2-5-16(15)27-19-14(12-24-27)18(22-13-23-19)25-7-9-26(10-8-25)20(28)17-6-3-11-29-17/h1-6,11-13H,7-10H2. The monoisotopic (exact) mass is 392 g/mol. The van der Waals surface area contributed by atoms with Crippen LogP contribution in [0.3, 0.4) is 0 Å². The molecule has 0 spiro atoms. The number of piperazine rings is 1. The summed E-state index contributed by atoms with van der Waals surface area (Å²) >= 11 is 0. The zero-order chi connectivity index (χ0) is 19.8. The first-order valence-corrected chi connectivity index (χ1v) is 9.24. The number of carbonyl (C=O) groups is 1. The number of halogens is 1. The average molecular weight is 392 g/mol. The van der Waals surface area contributed by atoms with Gasteiger partial charge in [-0.15, -0.1) is 0 Å². The summed E-state index contributed by atoms with van der Waals surface area (Å²) in [6.07, 6.45) is 4.60. The van der Waals surface area contributed by atoms with E-state index < -0.39 is 0 Å². The minimum Gasteiger partial charge on any atom is -0.459 e. The fraction of sp³-hybridized carbons (Fsp3) is 0.200. The van der Waals surface area contributed by atoms with Crippen LogP contribution >= 0.6 is 0 Å². The van der Waals surface area contributed by atoms with Crippen LogP contribution in [-0.2, 0) is 0 Å². The van der Waals surface area contributed by atoms with Crippen LogP contribution in [0.15, 0.2) is 59.6 Å². The molecule has 1 aliphatic rings. The van der Waals surface area contributed by atoms with Crippen molar-refractivity contribution >= 4 is 22.8 Å². The minimum atomic E-state index is -0.372. The second kappa shape index (κ2) is 7.01. The first kappa shape index (κ1) is 17.4. The van der Waals surface area contributed by atoms with Gasteiger partial charge in [0.1, 0.15) is 23.6 Å². The summed E-state index contributed by atoms with van der Waals surface area (Å²) in [4.78, 5) is 25.0. The van der Waals surface area contributed by atoms with E-state index in [0.29, 0.717) is 43.3 Å². The molecule has 146 valence electrons. The van der Waals surface area contributed by atoms with Gasteiger partial charge in [0.05, 0.1) is 17.8 Å². The van der Waals surface area contributed by atoms with Crippen LogP contribution in [0.2, 0.25) is 0 Å². The van der Waals surface area contributed by atoms with Crippen LogP contribution in [0.5, 0.6) is 0 Å². The molecule has 0 atom stereocenters. The Morgan fingerprint density at radius 3 is 2.62 bits per heavy atom. The first-order valence-electron chi connectivity index (χ1n) is 9.24. The topological polar surface area (TPSA) is 80.3 Å². The third-order valence-corrected chi connectivity index (χ3v) is 5.02. The molecule has 4 aromatic rings. The Bertz CT molecular complexity index is 1160. The van der Waals surface area contributed by atoms with Crippen molar-refractivity contribution in [1.29, 1.82) is 0 Å². The summed E-state index contributed by atoms with van der Waals surface area (Å²) in [7, 11) is 0. The third kappa shape index (κ3) is 3.00. The molecule has 0 unspecified atom stereocenters. The highest BCUT2D eigenvalue weighted by atomic mass is 19.1. The number of hydrogen-bond donors (Lipinski definition) is 0. The van der Waals surface area contributed by atoms with Gasteiger partial charge in [-0.3, -0.25) is 4.79 Å². The Morgan fingerprint density at radius 2 is 1.86 bits per heavy atom. The number of benzene rings is 1. The molecule has 1 aliphatic heterocycles. The van der Waals surface area contributed by atoms with Crippen molar-refractivity contribution in [2.45, 2.75) is 0 Å². The number of amides is 1. The second-order valence-corrected chi connectivity index (χ2v) is 6.70. The molecule has 1 aromatic carbocycles. The van der Waals surface area contributed by atoms with Crippen molar-refractivity contribution in [2.24, 2.45) is 0 Å². The Kier molecular flexibility index (Phi) is 4.19. The molecule has 0 bridgehead atoms. The van der Waals surface area contributed by atoms with Gasteiger partial charge in [0, 0.05) is 26.2 Å². The van der Waals surface area contributed by atoms with Crippen molar-refractivity contribution in [3.05, 3.63) is 66.8 Å². The van der Waals surface area contributed by atoms with Gasteiger partial charge < -0.3 is 14.2 Å². The number of para-hydroxylation sites is 1. The van der Waals surface area contributed by atoms with Gasteiger partial charge >= 0.3 is 0 Å². The molecular weight excluding hydrogens is 375 g/mol. The molecule has 3 aromatic heterocycles. The molecule has 5 rings (SSSR count). The van der Waals surface area contributed by atoms with Gasteiger partial charge in [0.25, 0.3) is 5.91 Å². The van der Waals surface area contributed by atoms with E-state index in [0.717, 1.165) is 11.2 Å². The van der Waals surface area contributed by atoms with Crippen molar-refractivity contribution < 1.29 is 13.6 Å². The van der Waals surface area contributed by atoms with Gasteiger partial charge in [-0.2, -0.15) is 5.10 Å². The smallest absolute Gasteiger partial charge is 0.289 e. The highest BCUT2D eigenvalue weighted by Crippen LogP contribution is 2.26. The van der Waals surface area contributed by atoms with Crippen LogP contribution < -0.4 is 4.90 Å². The SMILES string of the molecule is O=C(c1ccco1)N1CCN(c2ncnc3c2cnn3-c2ccccc2F)CC1. The van der Waals surface area contributed by atoms with Crippen LogP contribution in [-0.4, -0.2) is 56.7 Å². The first-order chi connectivity index (χ1) is 14.2. The van der Waals surface area contributed by atoms with E-state index in [-0.39, 0.29) is 11.7 Å². The molecule has 4 heterocycles. The maximum atomic E-state index is 14.2. The Balaban J connectivity index is 1.41. The molecule has 29 heavy (non-hydrogen) atoms. The highest BCUT2D eigenvalue weighted by molar-refractivity contribution is 5.92. The lowest BCUT2D eigenvalue weighted by atomic mass is 10.2. The molecule has 0 saturated carbocycles.